The number of thioether (sulfide) groups is 1. The molecule has 0 aliphatic heterocycles. The van der Waals surface area contributed by atoms with Crippen LogP contribution in [-0.4, -0.2) is 24.1 Å². The lowest BCUT2D eigenvalue weighted by atomic mass is 10.1. The third-order valence-corrected chi connectivity index (χ3v) is 4.00. The number of aliphatic hydroxyl groups is 1. The highest BCUT2D eigenvalue weighted by Crippen LogP contribution is 2.35. The maximum Gasteiger partial charge on any atom is 0.125 e. The maximum absolute atomic E-state index is 9.08. The molecule has 16 heavy (non-hydrogen) atoms. The lowest BCUT2D eigenvalue weighted by molar-refractivity contribution is 0.300. The Labute approximate surface area is 102 Å². The van der Waals surface area contributed by atoms with Gasteiger partial charge in [-0.2, -0.15) is 0 Å². The summed E-state index contributed by atoms with van der Waals surface area (Å²) in [4.78, 5) is 1.23. The van der Waals surface area contributed by atoms with Gasteiger partial charge in [-0.15, -0.1) is 11.8 Å². The average Bonchev–Trinajstić information content (AvgIpc) is 2.26. The molecule has 90 valence electrons. The molecule has 2 nitrogen and oxygen atoms in total. The predicted octanol–water partition coefficient (Wildman–Crippen LogP) is 3.09. The van der Waals surface area contributed by atoms with E-state index >= 15 is 0 Å². The van der Waals surface area contributed by atoms with Crippen molar-refractivity contribution in [3.63, 3.8) is 0 Å². The highest BCUT2D eigenvalue weighted by Gasteiger charge is 2.12. The van der Waals surface area contributed by atoms with E-state index in [2.05, 4.69) is 26.8 Å². The number of benzene rings is 1. The maximum atomic E-state index is 9.08. The lowest BCUT2D eigenvalue weighted by Crippen LogP contribution is -2.03. The van der Waals surface area contributed by atoms with Crippen LogP contribution in [0, 0.1) is 20.8 Å². The number of rotatable bonds is 4. The molecule has 0 aliphatic carbocycles. The Bertz CT molecular complexity index is 375. The van der Waals surface area contributed by atoms with Gasteiger partial charge in [-0.05, 0) is 43.5 Å². The molecule has 0 aliphatic rings. The van der Waals surface area contributed by atoms with Crippen molar-refractivity contribution in [1.29, 1.82) is 0 Å². The first-order valence-electron chi connectivity index (χ1n) is 5.43. The van der Waals surface area contributed by atoms with Crippen LogP contribution in [-0.2, 0) is 0 Å². The number of ether oxygens (including phenoxy) is 1. The zero-order valence-corrected chi connectivity index (χ0v) is 11.4. The van der Waals surface area contributed by atoms with Gasteiger partial charge in [0.05, 0.1) is 13.7 Å². The summed E-state index contributed by atoms with van der Waals surface area (Å²) in [7, 11) is 1.71. The monoisotopic (exact) mass is 240 g/mol. The van der Waals surface area contributed by atoms with E-state index in [1.807, 2.05) is 6.92 Å². The van der Waals surface area contributed by atoms with Crippen molar-refractivity contribution in [1.82, 2.24) is 0 Å². The van der Waals surface area contributed by atoms with E-state index in [0.717, 1.165) is 11.3 Å². The Morgan fingerprint density at radius 2 is 1.94 bits per heavy atom. The van der Waals surface area contributed by atoms with Gasteiger partial charge >= 0.3 is 0 Å². The highest BCUT2D eigenvalue weighted by atomic mass is 32.2. The molecular formula is C13H20O2S. The molecular weight excluding hydrogens is 220 g/mol. The van der Waals surface area contributed by atoms with E-state index in [0.29, 0.717) is 0 Å². The van der Waals surface area contributed by atoms with Gasteiger partial charge in [0.25, 0.3) is 0 Å². The third-order valence-electron chi connectivity index (χ3n) is 2.77. The van der Waals surface area contributed by atoms with Gasteiger partial charge in [0, 0.05) is 10.1 Å². The second kappa shape index (κ2) is 5.60. The minimum absolute atomic E-state index is 0.203. The van der Waals surface area contributed by atoms with Gasteiger partial charge < -0.3 is 9.84 Å². The van der Waals surface area contributed by atoms with Crippen LogP contribution < -0.4 is 4.74 Å². The zero-order chi connectivity index (χ0) is 12.3. The molecule has 0 amide bonds. The fourth-order valence-electron chi connectivity index (χ4n) is 1.71. The van der Waals surface area contributed by atoms with E-state index in [1.165, 1.54) is 16.0 Å². The van der Waals surface area contributed by atoms with E-state index in [9.17, 15) is 0 Å². The molecule has 3 heteroatoms. The SMILES string of the molecule is COc1c(C)cc(SC(C)CO)c(C)c1C. The molecule has 1 atom stereocenters. The molecule has 1 N–H and O–H groups in total. The van der Waals surface area contributed by atoms with Crippen molar-refractivity contribution < 1.29 is 9.84 Å². The number of methoxy groups -OCH3 is 1. The van der Waals surface area contributed by atoms with E-state index in [1.54, 1.807) is 18.9 Å². The van der Waals surface area contributed by atoms with Gasteiger partial charge in [0.1, 0.15) is 5.75 Å². The molecule has 0 saturated heterocycles. The van der Waals surface area contributed by atoms with Gasteiger partial charge in [-0.25, -0.2) is 0 Å². The smallest absolute Gasteiger partial charge is 0.125 e. The van der Waals surface area contributed by atoms with Crippen LogP contribution in [0.2, 0.25) is 0 Å². The zero-order valence-electron chi connectivity index (χ0n) is 10.6. The number of hydrogen-bond acceptors (Lipinski definition) is 3. The van der Waals surface area contributed by atoms with Crippen molar-refractivity contribution in [3.05, 3.63) is 22.8 Å². The average molecular weight is 240 g/mol. The Balaban J connectivity index is 3.13. The molecule has 0 saturated carbocycles. The van der Waals surface area contributed by atoms with Crippen molar-refractivity contribution in [2.75, 3.05) is 13.7 Å². The Kier molecular flexibility index (Phi) is 4.69. The largest absolute Gasteiger partial charge is 0.496 e. The van der Waals surface area contributed by atoms with Crippen molar-refractivity contribution in [2.45, 2.75) is 37.8 Å². The van der Waals surface area contributed by atoms with Crippen LogP contribution in [0.5, 0.6) is 5.75 Å². The summed E-state index contributed by atoms with van der Waals surface area (Å²) < 4.78 is 5.38. The first kappa shape index (κ1) is 13.4. The fourth-order valence-corrected chi connectivity index (χ4v) is 2.79. The molecule has 0 fully saturated rings. The third kappa shape index (κ3) is 2.71. The van der Waals surface area contributed by atoms with Gasteiger partial charge in [0.2, 0.25) is 0 Å². The first-order valence-corrected chi connectivity index (χ1v) is 6.31. The van der Waals surface area contributed by atoms with Crippen LogP contribution in [0.15, 0.2) is 11.0 Å². The van der Waals surface area contributed by atoms with Crippen molar-refractivity contribution >= 4 is 11.8 Å². The molecule has 0 heterocycles. The predicted molar refractivity (Wildman–Crippen MR) is 69.6 cm³/mol. The summed E-state index contributed by atoms with van der Waals surface area (Å²) >= 11 is 1.71. The second-order valence-electron chi connectivity index (χ2n) is 4.09. The van der Waals surface area contributed by atoms with E-state index < -0.39 is 0 Å². The molecule has 0 spiro atoms. The normalized spacial score (nSPS) is 12.6. The molecule has 1 aromatic carbocycles. The van der Waals surface area contributed by atoms with Crippen molar-refractivity contribution in [3.8, 4) is 5.75 Å². The van der Waals surface area contributed by atoms with Gasteiger partial charge in [-0.3, -0.25) is 0 Å². The fraction of sp³-hybridized carbons (Fsp3) is 0.538. The van der Waals surface area contributed by atoms with Gasteiger partial charge in [-0.1, -0.05) is 6.92 Å². The van der Waals surface area contributed by atoms with Crippen LogP contribution >= 0.6 is 11.8 Å². The molecule has 1 unspecified atom stereocenters. The molecule has 1 rings (SSSR count). The molecule has 0 aromatic heterocycles. The van der Waals surface area contributed by atoms with Crippen LogP contribution in [0.4, 0.5) is 0 Å². The highest BCUT2D eigenvalue weighted by molar-refractivity contribution is 8.00. The summed E-state index contributed by atoms with van der Waals surface area (Å²) in [6.07, 6.45) is 0. The summed E-state index contributed by atoms with van der Waals surface area (Å²) in [5.41, 5.74) is 3.58. The summed E-state index contributed by atoms with van der Waals surface area (Å²) in [6.45, 7) is 8.46. The molecule has 0 radical (unpaired) electrons. The quantitative estimate of drug-likeness (QED) is 0.820. The lowest BCUT2D eigenvalue weighted by Gasteiger charge is -2.17. The first-order chi connectivity index (χ1) is 7.51. The Morgan fingerprint density at radius 3 is 2.44 bits per heavy atom. The Hall–Kier alpha value is -0.670. The minimum atomic E-state index is 0.203. The number of aliphatic hydroxyl groups excluding tert-OH is 1. The summed E-state index contributed by atoms with van der Waals surface area (Å²) in [6, 6.07) is 2.14. The molecule has 1 aromatic rings. The standard InChI is InChI=1S/C13H20O2S/c1-8-6-12(16-9(2)7-14)10(3)11(4)13(8)15-5/h6,9,14H,7H2,1-5H3. The number of hydrogen-bond donors (Lipinski definition) is 1. The van der Waals surface area contributed by atoms with Crippen LogP contribution in [0.25, 0.3) is 0 Å². The Morgan fingerprint density at radius 1 is 1.31 bits per heavy atom. The van der Waals surface area contributed by atoms with E-state index in [-0.39, 0.29) is 11.9 Å². The summed E-state index contributed by atoms with van der Waals surface area (Å²) in [5, 5.41) is 9.31. The second-order valence-corrected chi connectivity index (χ2v) is 5.57. The summed E-state index contributed by atoms with van der Waals surface area (Å²) in [5.74, 6) is 0.971. The van der Waals surface area contributed by atoms with Crippen molar-refractivity contribution in [2.24, 2.45) is 0 Å². The number of aryl methyl sites for hydroxylation is 1. The van der Waals surface area contributed by atoms with Crippen LogP contribution in [0.3, 0.4) is 0 Å². The minimum Gasteiger partial charge on any atom is -0.496 e. The van der Waals surface area contributed by atoms with Crippen LogP contribution in [0.1, 0.15) is 23.6 Å². The van der Waals surface area contributed by atoms with E-state index in [4.69, 9.17) is 9.84 Å². The molecule has 0 bridgehead atoms. The topological polar surface area (TPSA) is 29.5 Å². The van der Waals surface area contributed by atoms with Gasteiger partial charge in [0.15, 0.2) is 0 Å².